The maximum atomic E-state index is 5.93. The van der Waals surface area contributed by atoms with Gasteiger partial charge >= 0.3 is 0 Å². The highest BCUT2D eigenvalue weighted by Gasteiger charge is 2.25. The molecule has 0 aliphatic carbocycles. The first kappa shape index (κ1) is 12.2. The van der Waals surface area contributed by atoms with Crippen LogP contribution in [0.25, 0.3) is 0 Å². The Hall–Kier alpha value is -0.860. The molecule has 0 aromatic heterocycles. The zero-order valence-electron chi connectivity index (χ0n) is 9.40. The Morgan fingerprint density at radius 1 is 1.00 bits per heavy atom. The van der Waals surface area contributed by atoms with Crippen LogP contribution in [0.2, 0.25) is 0 Å². The molecule has 2 nitrogen and oxygen atoms in total. The topological polar surface area (TPSA) is 12.5 Å². The smallest absolute Gasteiger partial charge is 0.0740 e. The molecule has 1 rings (SSSR count). The van der Waals surface area contributed by atoms with E-state index in [1.807, 2.05) is 18.2 Å². The van der Waals surface area contributed by atoms with Crippen molar-refractivity contribution in [2.24, 2.45) is 0 Å². The van der Waals surface area contributed by atoms with Gasteiger partial charge in [0.05, 0.1) is 12.2 Å². The summed E-state index contributed by atoms with van der Waals surface area (Å²) in [6.45, 7) is 14.2. The van der Waals surface area contributed by atoms with Crippen molar-refractivity contribution in [3.63, 3.8) is 0 Å². The fraction of sp³-hybridized carbons (Fsp3) is 0.538. The normalized spacial score (nSPS) is 27.2. The molecule has 84 valence electrons. The number of rotatable bonds is 6. The molecule has 0 aromatic carbocycles. The van der Waals surface area contributed by atoms with Crippen LogP contribution in [-0.2, 0) is 4.74 Å². The third-order valence-corrected chi connectivity index (χ3v) is 2.55. The molecule has 0 spiro atoms. The lowest BCUT2D eigenvalue weighted by molar-refractivity contribution is -0.0784. The minimum Gasteiger partial charge on any atom is -0.372 e. The first-order valence-corrected chi connectivity index (χ1v) is 5.50. The molecule has 1 fully saturated rings. The van der Waals surface area contributed by atoms with Gasteiger partial charge in [0.2, 0.25) is 0 Å². The summed E-state index contributed by atoms with van der Waals surface area (Å²) in [6, 6.07) is 0. The third kappa shape index (κ3) is 4.02. The molecule has 1 aliphatic heterocycles. The van der Waals surface area contributed by atoms with Crippen molar-refractivity contribution in [3.05, 3.63) is 38.0 Å². The lowest BCUT2D eigenvalue weighted by Crippen LogP contribution is -2.47. The van der Waals surface area contributed by atoms with Crippen LogP contribution < -0.4 is 0 Å². The molecule has 0 saturated carbocycles. The second kappa shape index (κ2) is 6.59. The summed E-state index contributed by atoms with van der Waals surface area (Å²) in [4.78, 5) is 2.37. The van der Waals surface area contributed by atoms with E-state index in [1.165, 1.54) is 0 Å². The lowest BCUT2D eigenvalue weighted by atomic mass is 10.1. The first-order chi connectivity index (χ1) is 7.30. The molecular formula is C13H21NO. The van der Waals surface area contributed by atoms with E-state index in [2.05, 4.69) is 24.6 Å². The van der Waals surface area contributed by atoms with E-state index in [-0.39, 0.29) is 12.2 Å². The number of hydrogen-bond acceptors (Lipinski definition) is 2. The van der Waals surface area contributed by atoms with Gasteiger partial charge in [0, 0.05) is 19.6 Å². The number of morpholine rings is 1. The summed E-state index contributed by atoms with van der Waals surface area (Å²) in [5.41, 5.74) is 0. The SMILES string of the molecule is C=CCC1CN(CC=C)CC(CC=C)O1. The van der Waals surface area contributed by atoms with E-state index >= 15 is 0 Å². The number of ether oxygens (including phenoxy) is 1. The van der Waals surface area contributed by atoms with Crippen molar-refractivity contribution >= 4 is 0 Å². The highest BCUT2D eigenvalue weighted by molar-refractivity contribution is 4.88. The number of hydrogen-bond donors (Lipinski definition) is 0. The van der Waals surface area contributed by atoms with Gasteiger partial charge < -0.3 is 4.74 Å². The Bertz CT molecular complexity index is 181. The Labute approximate surface area is 92.9 Å². The van der Waals surface area contributed by atoms with Gasteiger partial charge in [0.15, 0.2) is 0 Å². The monoisotopic (exact) mass is 207 g/mol. The maximum absolute atomic E-state index is 5.93. The molecule has 0 N–H and O–H groups in total. The highest BCUT2D eigenvalue weighted by Crippen LogP contribution is 2.16. The van der Waals surface area contributed by atoms with Gasteiger partial charge in [-0.2, -0.15) is 0 Å². The molecule has 0 amide bonds. The zero-order valence-corrected chi connectivity index (χ0v) is 9.40. The molecule has 2 atom stereocenters. The molecule has 1 heterocycles. The maximum Gasteiger partial charge on any atom is 0.0740 e. The summed E-state index contributed by atoms with van der Waals surface area (Å²) in [5, 5.41) is 0. The van der Waals surface area contributed by atoms with Crippen LogP contribution in [0, 0.1) is 0 Å². The van der Waals surface area contributed by atoms with Gasteiger partial charge in [-0.15, -0.1) is 19.7 Å². The van der Waals surface area contributed by atoms with Crippen molar-refractivity contribution in [1.29, 1.82) is 0 Å². The van der Waals surface area contributed by atoms with Crippen LogP contribution in [0.5, 0.6) is 0 Å². The minimum atomic E-state index is 0.279. The molecule has 1 aliphatic rings. The Morgan fingerprint density at radius 2 is 1.53 bits per heavy atom. The van der Waals surface area contributed by atoms with E-state index in [1.54, 1.807) is 0 Å². The van der Waals surface area contributed by atoms with Crippen molar-refractivity contribution < 1.29 is 4.74 Å². The fourth-order valence-corrected chi connectivity index (χ4v) is 1.97. The van der Waals surface area contributed by atoms with Gasteiger partial charge in [-0.25, -0.2) is 0 Å². The molecule has 1 saturated heterocycles. The summed E-state index contributed by atoms with van der Waals surface area (Å²) in [7, 11) is 0. The van der Waals surface area contributed by atoms with Crippen LogP contribution in [0.4, 0.5) is 0 Å². The second-order valence-electron chi connectivity index (χ2n) is 3.94. The fourth-order valence-electron chi connectivity index (χ4n) is 1.97. The van der Waals surface area contributed by atoms with Gasteiger partial charge in [-0.05, 0) is 12.8 Å². The standard InChI is InChI=1S/C13H21NO/c1-4-7-12-10-14(9-6-3)11-13(15-12)8-5-2/h4-6,12-13H,1-3,7-11H2. The zero-order chi connectivity index (χ0) is 11.1. The van der Waals surface area contributed by atoms with Crippen molar-refractivity contribution in [1.82, 2.24) is 4.90 Å². The van der Waals surface area contributed by atoms with Crippen LogP contribution in [0.15, 0.2) is 38.0 Å². The van der Waals surface area contributed by atoms with E-state index < -0.39 is 0 Å². The average molecular weight is 207 g/mol. The van der Waals surface area contributed by atoms with E-state index in [4.69, 9.17) is 4.74 Å². The van der Waals surface area contributed by atoms with Gasteiger partial charge in [0.25, 0.3) is 0 Å². The van der Waals surface area contributed by atoms with E-state index in [9.17, 15) is 0 Å². The molecule has 0 radical (unpaired) electrons. The minimum absolute atomic E-state index is 0.279. The predicted molar refractivity (Wildman–Crippen MR) is 64.9 cm³/mol. The summed E-state index contributed by atoms with van der Waals surface area (Å²) in [5.74, 6) is 0. The van der Waals surface area contributed by atoms with Crippen molar-refractivity contribution in [2.75, 3.05) is 19.6 Å². The Balaban J connectivity index is 2.50. The summed E-state index contributed by atoms with van der Waals surface area (Å²) in [6.07, 6.45) is 8.19. The highest BCUT2D eigenvalue weighted by atomic mass is 16.5. The third-order valence-electron chi connectivity index (χ3n) is 2.55. The first-order valence-electron chi connectivity index (χ1n) is 5.50. The van der Waals surface area contributed by atoms with E-state index in [0.717, 1.165) is 32.5 Å². The quantitative estimate of drug-likeness (QED) is 0.620. The second-order valence-corrected chi connectivity index (χ2v) is 3.94. The van der Waals surface area contributed by atoms with E-state index in [0.29, 0.717) is 0 Å². The predicted octanol–water partition coefficient (Wildman–Crippen LogP) is 2.39. The van der Waals surface area contributed by atoms with Crippen LogP contribution in [-0.4, -0.2) is 36.7 Å². The van der Waals surface area contributed by atoms with Gasteiger partial charge in [-0.1, -0.05) is 18.2 Å². The van der Waals surface area contributed by atoms with Crippen molar-refractivity contribution in [3.8, 4) is 0 Å². The Kier molecular flexibility index (Phi) is 5.37. The van der Waals surface area contributed by atoms with Crippen LogP contribution >= 0.6 is 0 Å². The Morgan fingerprint density at radius 3 is 1.93 bits per heavy atom. The molecule has 2 unspecified atom stereocenters. The van der Waals surface area contributed by atoms with Crippen molar-refractivity contribution in [2.45, 2.75) is 25.0 Å². The average Bonchev–Trinajstić information content (AvgIpc) is 2.19. The largest absolute Gasteiger partial charge is 0.372 e. The molecule has 2 heteroatoms. The van der Waals surface area contributed by atoms with Gasteiger partial charge in [-0.3, -0.25) is 4.90 Å². The van der Waals surface area contributed by atoms with Crippen LogP contribution in [0.3, 0.4) is 0 Å². The molecule has 0 aromatic rings. The molecule has 0 bridgehead atoms. The molecule has 15 heavy (non-hydrogen) atoms. The summed E-state index contributed by atoms with van der Waals surface area (Å²) >= 11 is 0. The number of nitrogens with zero attached hydrogens (tertiary/aromatic N) is 1. The van der Waals surface area contributed by atoms with Gasteiger partial charge in [0.1, 0.15) is 0 Å². The molecular weight excluding hydrogens is 186 g/mol. The lowest BCUT2D eigenvalue weighted by Gasteiger charge is -2.37. The van der Waals surface area contributed by atoms with Crippen LogP contribution in [0.1, 0.15) is 12.8 Å². The summed E-state index contributed by atoms with van der Waals surface area (Å²) < 4.78 is 5.93.